The third kappa shape index (κ3) is 3.94. The molecule has 3 rings (SSSR count). The number of aromatic nitrogens is 2. The Labute approximate surface area is 155 Å². The summed E-state index contributed by atoms with van der Waals surface area (Å²) in [6.45, 7) is -0.248. The van der Waals surface area contributed by atoms with Gasteiger partial charge in [-0.25, -0.2) is 9.18 Å². The van der Waals surface area contributed by atoms with E-state index in [2.05, 4.69) is 32.9 Å². The zero-order valence-corrected chi connectivity index (χ0v) is 14.9. The van der Waals surface area contributed by atoms with E-state index in [1.54, 1.807) is 30.3 Å². The predicted molar refractivity (Wildman–Crippen MR) is 95.7 cm³/mol. The van der Waals surface area contributed by atoms with Gasteiger partial charge in [0.25, 0.3) is 5.91 Å². The molecule has 0 bridgehead atoms. The molecule has 1 aliphatic heterocycles. The van der Waals surface area contributed by atoms with Gasteiger partial charge in [0.15, 0.2) is 17.9 Å². The van der Waals surface area contributed by atoms with E-state index < -0.39 is 35.6 Å². The summed E-state index contributed by atoms with van der Waals surface area (Å²) < 4.78 is 21.5. The van der Waals surface area contributed by atoms with Crippen LogP contribution in [0.4, 0.5) is 10.2 Å². The molecule has 1 aliphatic rings. The molecule has 9 heteroatoms. The van der Waals surface area contributed by atoms with Crippen molar-refractivity contribution in [2.45, 2.75) is 12.3 Å². The van der Waals surface area contributed by atoms with Crippen LogP contribution in [0, 0.1) is 9.39 Å². The van der Waals surface area contributed by atoms with Crippen molar-refractivity contribution in [2.75, 3.05) is 11.9 Å². The van der Waals surface area contributed by atoms with E-state index in [9.17, 15) is 14.0 Å². The van der Waals surface area contributed by atoms with Crippen molar-refractivity contribution < 1.29 is 19.0 Å². The molecule has 0 unspecified atom stereocenters. The lowest BCUT2D eigenvalue weighted by molar-refractivity contribution is -0.0106. The van der Waals surface area contributed by atoms with Crippen LogP contribution in [0.2, 0.25) is 0 Å². The van der Waals surface area contributed by atoms with E-state index in [0.717, 1.165) is 14.3 Å². The van der Waals surface area contributed by atoms with Gasteiger partial charge < -0.3 is 15.2 Å². The van der Waals surface area contributed by atoms with Crippen LogP contribution in [0.25, 0.3) is 0 Å². The van der Waals surface area contributed by atoms with Crippen LogP contribution in [-0.2, 0) is 4.74 Å². The van der Waals surface area contributed by atoms with Gasteiger partial charge in [0, 0.05) is 9.13 Å². The lowest BCUT2D eigenvalue weighted by Crippen LogP contribution is -2.30. The standard InChI is InChI=1S/C16H13FIN3O4/c17-12-7-21(13-6-5-11(8-22)25-13)16(24)20-14(12)19-15(23)9-1-3-10(18)4-2-9/h1-7,11,13,22H,8H2,(H,19,20,23,24)/t11-,13+/m0/s1. The summed E-state index contributed by atoms with van der Waals surface area (Å²) in [6, 6.07) is 6.64. The van der Waals surface area contributed by atoms with Gasteiger partial charge in [-0.3, -0.25) is 9.36 Å². The number of carbonyl (C=O) groups is 1. The molecule has 2 heterocycles. The molecule has 0 saturated heterocycles. The number of hydrogen-bond acceptors (Lipinski definition) is 5. The molecule has 2 aromatic rings. The van der Waals surface area contributed by atoms with Crippen LogP contribution >= 0.6 is 22.6 Å². The fourth-order valence-electron chi connectivity index (χ4n) is 2.25. The van der Waals surface area contributed by atoms with Crippen LogP contribution < -0.4 is 11.0 Å². The van der Waals surface area contributed by atoms with Crippen LogP contribution in [0.1, 0.15) is 16.6 Å². The lowest BCUT2D eigenvalue weighted by Gasteiger charge is -2.15. The average Bonchev–Trinajstić information content (AvgIpc) is 3.07. The Kier molecular flexibility index (Phi) is 5.25. The van der Waals surface area contributed by atoms with Crippen molar-refractivity contribution >= 4 is 34.3 Å². The van der Waals surface area contributed by atoms with Gasteiger partial charge in [-0.2, -0.15) is 4.98 Å². The van der Waals surface area contributed by atoms with Crippen molar-refractivity contribution in [3.63, 3.8) is 0 Å². The van der Waals surface area contributed by atoms with E-state index in [4.69, 9.17) is 9.84 Å². The van der Waals surface area contributed by atoms with Gasteiger partial charge >= 0.3 is 5.69 Å². The maximum atomic E-state index is 14.2. The zero-order chi connectivity index (χ0) is 18.0. The molecule has 0 radical (unpaired) electrons. The molecule has 0 aliphatic carbocycles. The number of carbonyl (C=O) groups excluding carboxylic acids is 1. The Hall–Kier alpha value is -2.11. The third-order valence-electron chi connectivity index (χ3n) is 3.50. The molecule has 1 aromatic heterocycles. The molecule has 25 heavy (non-hydrogen) atoms. The number of rotatable bonds is 4. The summed E-state index contributed by atoms with van der Waals surface area (Å²) in [7, 11) is 0. The van der Waals surface area contributed by atoms with E-state index in [1.807, 2.05) is 0 Å². The van der Waals surface area contributed by atoms with Crippen LogP contribution in [-0.4, -0.2) is 33.3 Å². The van der Waals surface area contributed by atoms with Crippen molar-refractivity contribution in [3.8, 4) is 0 Å². The zero-order valence-electron chi connectivity index (χ0n) is 12.7. The smallest absolute Gasteiger partial charge is 0.352 e. The maximum Gasteiger partial charge on any atom is 0.352 e. The van der Waals surface area contributed by atoms with E-state index >= 15 is 0 Å². The number of hydrogen-bond donors (Lipinski definition) is 2. The summed E-state index contributed by atoms with van der Waals surface area (Å²) in [5.41, 5.74) is -0.466. The second-order valence-corrected chi connectivity index (χ2v) is 6.47. The first kappa shape index (κ1) is 17.7. The monoisotopic (exact) mass is 457 g/mol. The molecule has 2 N–H and O–H groups in total. The van der Waals surface area contributed by atoms with E-state index in [1.165, 1.54) is 6.08 Å². The molecule has 0 spiro atoms. The summed E-state index contributed by atoms with van der Waals surface area (Å²) in [5, 5.41) is 11.3. The van der Waals surface area contributed by atoms with E-state index in [0.29, 0.717) is 5.56 Å². The molecule has 0 saturated carbocycles. The molecular formula is C16H13FIN3O4. The topological polar surface area (TPSA) is 93.5 Å². The highest BCUT2D eigenvalue weighted by molar-refractivity contribution is 14.1. The maximum absolute atomic E-state index is 14.2. The molecule has 1 amide bonds. The Morgan fingerprint density at radius 1 is 1.36 bits per heavy atom. The third-order valence-corrected chi connectivity index (χ3v) is 4.22. The largest absolute Gasteiger partial charge is 0.393 e. The summed E-state index contributed by atoms with van der Waals surface area (Å²) in [6.07, 6.45) is 2.59. The first-order chi connectivity index (χ1) is 12.0. The van der Waals surface area contributed by atoms with Gasteiger partial charge in [0.2, 0.25) is 0 Å². The van der Waals surface area contributed by atoms with Crippen LogP contribution in [0.5, 0.6) is 0 Å². The number of amides is 1. The minimum Gasteiger partial charge on any atom is -0.393 e. The number of halogens is 2. The number of anilines is 1. The van der Waals surface area contributed by atoms with Crippen molar-refractivity contribution in [2.24, 2.45) is 0 Å². The molecule has 0 fully saturated rings. The number of aliphatic hydroxyl groups excluding tert-OH is 1. The van der Waals surface area contributed by atoms with Gasteiger partial charge in [-0.1, -0.05) is 6.08 Å². The van der Waals surface area contributed by atoms with Crippen molar-refractivity contribution in [1.82, 2.24) is 9.55 Å². The lowest BCUT2D eigenvalue weighted by atomic mass is 10.2. The summed E-state index contributed by atoms with van der Waals surface area (Å²) in [4.78, 5) is 27.8. The van der Waals surface area contributed by atoms with Crippen molar-refractivity contribution in [3.05, 3.63) is 68.0 Å². The molecule has 2 atom stereocenters. The second-order valence-electron chi connectivity index (χ2n) is 5.22. The minimum atomic E-state index is -0.872. The fraction of sp³-hybridized carbons (Fsp3) is 0.188. The summed E-state index contributed by atoms with van der Waals surface area (Å²) in [5.74, 6) is -1.90. The number of nitrogens with zero attached hydrogens (tertiary/aromatic N) is 2. The van der Waals surface area contributed by atoms with Gasteiger partial charge in [-0.05, 0) is 52.9 Å². The Bertz CT molecular complexity index is 882. The molecule has 7 nitrogen and oxygen atoms in total. The normalized spacial score (nSPS) is 19.2. The minimum absolute atomic E-state index is 0.248. The Morgan fingerprint density at radius 2 is 2.08 bits per heavy atom. The first-order valence-corrected chi connectivity index (χ1v) is 8.36. The Balaban J connectivity index is 1.81. The van der Waals surface area contributed by atoms with Crippen LogP contribution in [0.3, 0.4) is 0 Å². The quantitative estimate of drug-likeness (QED) is 0.539. The molecular weight excluding hydrogens is 444 g/mol. The average molecular weight is 457 g/mol. The number of nitrogens with one attached hydrogen (secondary N) is 1. The van der Waals surface area contributed by atoms with Gasteiger partial charge in [0.05, 0.1) is 12.8 Å². The SMILES string of the molecule is O=C(Nc1nc(=O)n([C@H]2C=C[C@@H](CO)O2)cc1F)c1ccc(I)cc1. The molecule has 1 aromatic carbocycles. The highest BCUT2D eigenvalue weighted by Gasteiger charge is 2.23. The Morgan fingerprint density at radius 3 is 2.72 bits per heavy atom. The number of aliphatic hydroxyl groups is 1. The van der Waals surface area contributed by atoms with Gasteiger partial charge in [0.1, 0.15) is 6.10 Å². The summed E-state index contributed by atoms with van der Waals surface area (Å²) >= 11 is 2.10. The highest BCUT2D eigenvalue weighted by atomic mass is 127. The van der Waals surface area contributed by atoms with Crippen molar-refractivity contribution in [1.29, 1.82) is 0 Å². The van der Waals surface area contributed by atoms with E-state index in [-0.39, 0.29) is 6.61 Å². The number of ether oxygens (including phenoxy) is 1. The van der Waals surface area contributed by atoms with Gasteiger partial charge in [-0.15, -0.1) is 0 Å². The fourth-order valence-corrected chi connectivity index (χ4v) is 2.61. The predicted octanol–water partition coefficient (Wildman–Crippen LogP) is 1.69. The first-order valence-electron chi connectivity index (χ1n) is 7.28. The molecule has 130 valence electrons. The highest BCUT2D eigenvalue weighted by Crippen LogP contribution is 2.20. The van der Waals surface area contributed by atoms with Crippen LogP contribution in [0.15, 0.2) is 47.4 Å². The second kappa shape index (κ2) is 7.42. The number of benzene rings is 1.